The highest BCUT2D eigenvalue weighted by Crippen LogP contribution is 2.31. The number of para-hydroxylation sites is 1. The van der Waals surface area contributed by atoms with E-state index >= 15 is 0 Å². The molecular formula is C16H17BrN2O3. The molecule has 0 fully saturated rings. The molecule has 1 aromatic carbocycles. The Morgan fingerprint density at radius 2 is 2.05 bits per heavy atom. The fraction of sp³-hybridized carbons (Fsp3) is 0.250. The zero-order chi connectivity index (χ0) is 16.1. The summed E-state index contributed by atoms with van der Waals surface area (Å²) in [6.45, 7) is 0.408. The predicted octanol–water partition coefficient (Wildman–Crippen LogP) is 3.13. The Morgan fingerprint density at radius 3 is 2.68 bits per heavy atom. The molecule has 0 radical (unpaired) electrons. The molecule has 0 unspecified atom stereocenters. The molecule has 0 saturated carbocycles. The Kier molecular flexibility index (Phi) is 5.38. The smallest absolute Gasteiger partial charge is 0.255 e. The van der Waals surface area contributed by atoms with Gasteiger partial charge in [0.15, 0.2) is 11.5 Å². The number of benzene rings is 1. The number of methoxy groups -OCH3 is 2. The van der Waals surface area contributed by atoms with E-state index in [-0.39, 0.29) is 5.91 Å². The number of carbonyl (C=O) groups is 1. The Morgan fingerprint density at radius 1 is 1.27 bits per heavy atom. The fourth-order valence-corrected chi connectivity index (χ4v) is 2.52. The summed E-state index contributed by atoms with van der Waals surface area (Å²) in [7, 11) is 4.91. The summed E-state index contributed by atoms with van der Waals surface area (Å²) in [6, 6.07) is 7.34. The van der Waals surface area contributed by atoms with Crippen molar-refractivity contribution in [1.29, 1.82) is 0 Å². The van der Waals surface area contributed by atoms with Gasteiger partial charge in [0.05, 0.1) is 19.8 Å². The molecule has 0 aliphatic heterocycles. The number of halogens is 1. The Bertz CT molecular complexity index is 676. The molecular weight excluding hydrogens is 348 g/mol. The first-order chi connectivity index (χ1) is 10.6. The van der Waals surface area contributed by atoms with Crippen molar-refractivity contribution in [3.8, 4) is 11.5 Å². The summed E-state index contributed by atoms with van der Waals surface area (Å²) in [6.07, 6.45) is 3.19. The maximum atomic E-state index is 12.4. The van der Waals surface area contributed by atoms with Crippen LogP contribution in [0.3, 0.4) is 0 Å². The van der Waals surface area contributed by atoms with Crippen LogP contribution in [0.25, 0.3) is 0 Å². The van der Waals surface area contributed by atoms with E-state index in [9.17, 15) is 4.79 Å². The van der Waals surface area contributed by atoms with Crippen molar-refractivity contribution in [2.24, 2.45) is 0 Å². The minimum absolute atomic E-state index is 0.112. The lowest BCUT2D eigenvalue weighted by molar-refractivity contribution is 0.0783. The molecule has 0 N–H and O–H groups in total. The molecule has 2 rings (SSSR count). The van der Waals surface area contributed by atoms with E-state index in [1.807, 2.05) is 18.2 Å². The van der Waals surface area contributed by atoms with Gasteiger partial charge in [0.2, 0.25) is 0 Å². The highest BCUT2D eigenvalue weighted by Gasteiger charge is 2.16. The Balaban J connectivity index is 2.22. The quantitative estimate of drug-likeness (QED) is 0.817. The third-order valence-corrected chi connectivity index (χ3v) is 3.62. The number of nitrogens with zero attached hydrogens (tertiary/aromatic N) is 2. The second-order valence-corrected chi connectivity index (χ2v) is 5.62. The molecule has 1 amide bonds. The first kappa shape index (κ1) is 16.3. The highest BCUT2D eigenvalue weighted by molar-refractivity contribution is 9.10. The van der Waals surface area contributed by atoms with Gasteiger partial charge in [-0.05, 0) is 28.1 Å². The zero-order valence-corrected chi connectivity index (χ0v) is 14.3. The van der Waals surface area contributed by atoms with E-state index in [1.165, 1.54) is 0 Å². The lowest BCUT2D eigenvalue weighted by Crippen LogP contribution is -2.26. The third kappa shape index (κ3) is 3.57. The second-order valence-electron chi connectivity index (χ2n) is 4.71. The van der Waals surface area contributed by atoms with Gasteiger partial charge in [-0.1, -0.05) is 12.1 Å². The van der Waals surface area contributed by atoms with Crippen LogP contribution in [0, 0.1) is 0 Å². The van der Waals surface area contributed by atoms with Crippen molar-refractivity contribution in [2.45, 2.75) is 6.54 Å². The number of aromatic nitrogens is 1. The first-order valence-electron chi connectivity index (χ1n) is 6.62. The van der Waals surface area contributed by atoms with Crippen LogP contribution < -0.4 is 9.47 Å². The largest absolute Gasteiger partial charge is 0.493 e. The van der Waals surface area contributed by atoms with Gasteiger partial charge in [-0.2, -0.15) is 0 Å². The lowest BCUT2D eigenvalue weighted by Gasteiger charge is -2.20. The van der Waals surface area contributed by atoms with Gasteiger partial charge in [-0.15, -0.1) is 0 Å². The fourth-order valence-electron chi connectivity index (χ4n) is 2.15. The van der Waals surface area contributed by atoms with E-state index in [2.05, 4.69) is 20.9 Å². The van der Waals surface area contributed by atoms with Gasteiger partial charge in [0, 0.05) is 36.0 Å². The molecule has 0 saturated heterocycles. The van der Waals surface area contributed by atoms with Crippen molar-refractivity contribution in [3.63, 3.8) is 0 Å². The van der Waals surface area contributed by atoms with E-state index in [0.717, 1.165) is 10.0 Å². The van der Waals surface area contributed by atoms with Gasteiger partial charge in [0.25, 0.3) is 5.91 Å². The number of pyridine rings is 1. The van der Waals surface area contributed by atoms with Crippen LogP contribution >= 0.6 is 15.9 Å². The standard InChI is InChI=1S/C16H17BrN2O3/c1-19(16(20)12-7-13(17)9-18-8-12)10-11-5-4-6-14(21-2)15(11)22-3/h4-9H,10H2,1-3H3. The van der Waals surface area contributed by atoms with Crippen LogP contribution in [0.15, 0.2) is 41.1 Å². The van der Waals surface area contributed by atoms with Crippen LogP contribution in [0.2, 0.25) is 0 Å². The lowest BCUT2D eigenvalue weighted by atomic mass is 10.1. The summed E-state index contributed by atoms with van der Waals surface area (Å²) in [5.41, 5.74) is 1.40. The molecule has 6 heteroatoms. The van der Waals surface area contributed by atoms with Crippen molar-refractivity contribution < 1.29 is 14.3 Å². The van der Waals surface area contributed by atoms with Crippen LogP contribution in [0.4, 0.5) is 0 Å². The van der Waals surface area contributed by atoms with E-state index < -0.39 is 0 Å². The molecule has 2 aromatic rings. The summed E-state index contributed by atoms with van der Waals surface area (Å²) in [4.78, 5) is 18.1. The molecule has 1 aromatic heterocycles. The molecule has 0 aliphatic carbocycles. The van der Waals surface area contributed by atoms with E-state index in [4.69, 9.17) is 9.47 Å². The number of hydrogen-bond acceptors (Lipinski definition) is 4. The van der Waals surface area contributed by atoms with Gasteiger partial charge in [0.1, 0.15) is 0 Å². The zero-order valence-electron chi connectivity index (χ0n) is 12.7. The van der Waals surface area contributed by atoms with Crippen LogP contribution in [0.1, 0.15) is 15.9 Å². The predicted molar refractivity (Wildman–Crippen MR) is 87.3 cm³/mol. The highest BCUT2D eigenvalue weighted by atomic mass is 79.9. The minimum atomic E-state index is -0.112. The minimum Gasteiger partial charge on any atom is -0.493 e. The summed E-state index contributed by atoms with van der Waals surface area (Å²) in [5.74, 6) is 1.17. The SMILES string of the molecule is COc1cccc(CN(C)C(=O)c2cncc(Br)c2)c1OC. The van der Waals surface area contributed by atoms with Gasteiger partial charge in [-0.25, -0.2) is 0 Å². The molecule has 0 atom stereocenters. The second kappa shape index (κ2) is 7.26. The average Bonchev–Trinajstić information content (AvgIpc) is 2.53. The molecule has 0 spiro atoms. The van der Waals surface area contributed by atoms with Gasteiger partial charge in [-0.3, -0.25) is 9.78 Å². The normalized spacial score (nSPS) is 10.2. The van der Waals surface area contributed by atoms with Crippen LogP contribution in [-0.2, 0) is 6.54 Å². The topological polar surface area (TPSA) is 51.7 Å². The molecule has 1 heterocycles. The molecule has 5 nitrogen and oxygen atoms in total. The number of carbonyl (C=O) groups excluding carboxylic acids is 1. The van der Waals surface area contributed by atoms with Crippen LogP contribution in [0.5, 0.6) is 11.5 Å². The molecule has 116 valence electrons. The van der Waals surface area contributed by atoms with Gasteiger partial charge < -0.3 is 14.4 Å². The summed E-state index contributed by atoms with van der Waals surface area (Å²) in [5, 5.41) is 0. The van der Waals surface area contributed by atoms with Crippen molar-refractivity contribution in [3.05, 3.63) is 52.3 Å². The third-order valence-electron chi connectivity index (χ3n) is 3.19. The number of rotatable bonds is 5. The van der Waals surface area contributed by atoms with E-state index in [0.29, 0.717) is 23.6 Å². The van der Waals surface area contributed by atoms with Crippen molar-refractivity contribution >= 4 is 21.8 Å². The van der Waals surface area contributed by atoms with Crippen molar-refractivity contribution in [1.82, 2.24) is 9.88 Å². The van der Waals surface area contributed by atoms with Crippen molar-refractivity contribution in [2.75, 3.05) is 21.3 Å². The monoisotopic (exact) mass is 364 g/mol. The number of ether oxygens (including phenoxy) is 2. The molecule has 0 aliphatic rings. The van der Waals surface area contributed by atoms with E-state index in [1.54, 1.807) is 44.6 Å². The Hall–Kier alpha value is -2.08. The molecule has 0 bridgehead atoms. The first-order valence-corrected chi connectivity index (χ1v) is 7.42. The van der Waals surface area contributed by atoms with Crippen LogP contribution in [-0.4, -0.2) is 37.1 Å². The Labute approximate surface area is 138 Å². The van der Waals surface area contributed by atoms with Gasteiger partial charge >= 0.3 is 0 Å². The average molecular weight is 365 g/mol. The summed E-state index contributed by atoms with van der Waals surface area (Å²) >= 11 is 3.32. The maximum Gasteiger partial charge on any atom is 0.255 e. The number of amides is 1. The maximum absolute atomic E-state index is 12.4. The number of hydrogen-bond donors (Lipinski definition) is 0. The summed E-state index contributed by atoms with van der Waals surface area (Å²) < 4.78 is 11.4. The molecule has 22 heavy (non-hydrogen) atoms.